The summed E-state index contributed by atoms with van der Waals surface area (Å²) in [6, 6.07) is 5.73. The van der Waals surface area contributed by atoms with Gasteiger partial charge in [-0.05, 0) is 37.6 Å². The number of hydrogen-bond donors (Lipinski definition) is 1. The fraction of sp³-hybridized carbons (Fsp3) is 0.312. The van der Waals surface area contributed by atoms with Gasteiger partial charge in [0.15, 0.2) is 5.82 Å². The molecule has 0 aliphatic carbocycles. The van der Waals surface area contributed by atoms with Gasteiger partial charge in [0.1, 0.15) is 11.6 Å². The van der Waals surface area contributed by atoms with E-state index in [4.69, 9.17) is 4.74 Å². The molecular formula is C16H18F2N2O. The molecule has 1 aromatic heterocycles. The average molecular weight is 292 g/mol. The van der Waals surface area contributed by atoms with Crippen LogP contribution in [0.4, 0.5) is 8.78 Å². The van der Waals surface area contributed by atoms with Crippen LogP contribution < -0.4 is 10.1 Å². The molecule has 0 bridgehead atoms. The van der Waals surface area contributed by atoms with Crippen molar-refractivity contribution in [2.75, 3.05) is 6.54 Å². The maximum absolute atomic E-state index is 14.3. The van der Waals surface area contributed by atoms with Crippen molar-refractivity contribution in [2.24, 2.45) is 0 Å². The summed E-state index contributed by atoms with van der Waals surface area (Å²) in [6.07, 6.45) is 2.45. The van der Waals surface area contributed by atoms with Gasteiger partial charge in [0, 0.05) is 24.4 Å². The van der Waals surface area contributed by atoms with Crippen molar-refractivity contribution in [3.63, 3.8) is 0 Å². The molecule has 2 aromatic rings. The van der Waals surface area contributed by atoms with E-state index in [0.717, 1.165) is 13.0 Å². The first-order valence-electron chi connectivity index (χ1n) is 6.90. The molecule has 0 aliphatic rings. The van der Waals surface area contributed by atoms with Crippen molar-refractivity contribution in [2.45, 2.75) is 26.8 Å². The molecule has 0 spiro atoms. The Morgan fingerprint density at radius 3 is 2.81 bits per heavy atom. The van der Waals surface area contributed by atoms with Crippen LogP contribution in [0, 0.1) is 18.6 Å². The van der Waals surface area contributed by atoms with Gasteiger partial charge in [0.05, 0.1) is 0 Å². The molecule has 1 aromatic carbocycles. The molecule has 1 N–H and O–H groups in total. The fourth-order valence-corrected chi connectivity index (χ4v) is 1.86. The summed E-state index contributed by atoms with van der Waals surface area (Å²) in [5.41, 5.74) is 1.19. The number of halogens is 2. The normalized spacial score (nSPS) is 10.7. The van der Waals surface area contributed by atoms with Gasteiger partial charge < -0.3 is 10.1 Å². The molecule has 0 fully saturated rings. The van der Waals surface area contributed by atoms with Gasteiger partial charge in [-0.25, -0.2) is 13.8 Å². The molecular weight excluding hydrogens is 274 g/mol. The lowest BCUT2D eigenvalue weighted by molar-refractivity contribution is 0.412. The minimum atomic E-state index is -0.523. The Labute approximate surface area is 123 Å². The fourth-order valence-electron chi connectivity index (χ4n) is 1.86. The standard InChI is InChI=1S/C16H18F2N2O/c1-3-7-19-10-12-6-8-20-16(15(12)18)21-14-9-13(17)5-4-11(14)2/h4-6,8-9,19H,3,7,10H2,1-2H3. The van der Waals surface area contributed by atoms with Crippen LogP contribution in [-0.2, 0) is 6.54 Å². The Hall–Kier alpha value is -2.01. The average Bonchev–Trinajstić information content (AvgIpc) is 2.47. The second-order valence-electron chi connectivity index (χ2n) is 4.78. The summed E-state index contributed by atoms with van der Waals surface area (Å²) in [6.45, 7) is 5.01. The lowest BCUT2D eigenvalue weighted by atomic mass is 10.2. The van der Waals surface area contributed by atoms with E-state index in [1.54, 1.807) is 19.1 Å². The lowest BCUT2D eigenvalue weighted by Crippen LogP contribution is -2.15. The predicted molar refractivity (Wildman–Crippen MR) is 77.4 cm³/mol. The second-order valence-corrected chi connectivity index (χ2v) is 4.78. The highest BCUT2D eigenvalue weighted by Crippen LogP contribution is 2.27. The molecule has 21 heavy (non-hydrogen) atoms. The molecule has 0 saturated carbocycles. The third-order valence-corrected chi connectivity index (χ3v) is 3.04. The highest BCUT2D eigenvalue weighted by Gasteiger charge is 2.13. The third-order valence-electron chi connectivity index (χ3n) is 3.04. The molecule has 0 radical (unpaired) electrons. The molecule has 0 unspecified atom stereocenters. The van der Waals surface area contributed by atoms with E-state index in [0.29, 0.717) is 17.7 Å². The number of nitrogens with zero attached hydrogens (tertiary/aromatic N) is 1. The topological polar surface area (TPSA) is 34.2 Å². The van der Waals surface area contributed by atoms with Crippen molar-refractivity contribution < 1.29 is 13.5 Å². The zero-order valence-electron chi connectivity index (χ0n) is 12.1. The van der Waals surface area contributed by atoms with E-state index in [1.807, 2.05) is 6.92 Å². The molecule has 112 valence electrons. The maximum Gasteiger partial charge on any atom is 0.256 e. The van der Waals surface area contributed by atoms with Crippen LogP contribution in [0.1, 0.15) is 24.5 Å². The summed E-state index contributed by atoms with van der Waals surface area (Å²) in [5, 5.41) is 3.12. The largest absolute Gasteiger partial charge is 0.436 e. The number of nitrogens with one attached hydrogen (secondary N) is 1. The second kappa shape index (κ2) is 7.13. The molecule has 0 atom stereocenters. The minimum absolute atomic E-state index is 0.139. The van der Waals surface area contributed by atoms with E-state index in [1.165, 1.54) is 18.3 Å². The Morgan fingerprint density at radius 1 is 1.24 bits per heavy atom. The monoisotopic (exact) mass is 292 g/mol. The lowest BCUT2D eigenvalue weighted by Gasteiger charge is -2.11. The van der Waals surface area contributed by atoms with Crippen LogP contribution >= 0.6 is 0 Å². The Kier molecular flexibility index (Phi) is 5.22. The number of benzene rings is 1. The van der Waals surface area contributed by atoms with E-state index < -0.39 is 11.6 Å². The number of ether oxygens (including phenoxy) is 1. The van der Waals surface area contributed by atoms with Crippen LogP contribution in [0.25, 0.3) is 0 Å². The molecule has 3 nitrogen and oxygen atoms in total. The summed E-state index contributed by atoms with van der Waals surface area (Å²) in [7, 11) is 0. The van der Waals surface area contributed by atoms with Crippen molar-refractivity contribution >= 4 is 0 Å². The molecule has 0 aliphatic heterocycles. The molecule has 0 saturated heterocycles. The SMILES string of the molecule is CCCNCc1ccnc(Oc2cc(F)ccc2C)c1F. The summed E-state index contributed by atoms with van der Waals surface area (Å²) in [4.78, 5) is 3.89. The highest BCUT2D eigenvalue weighted by atomic mass is 19.1. The third kappa shape index (κ3) is 3.98. The molecule has 1 heterocycles. The van der Waals surface area contributed by atoms with Gasteiger partial charge in [-0.3, -0.25) is 0 Å². The maximum atomic E-state index is 14.3. The number of rotatable bonds is 6. The Bertz CT molecular complexity index is 617. The van der Waals surface area contributed by atoms with Crippen molar-refractivity contribution in [1.82, 2.24) is 10.3 Å². The number of pyridine rings is 1. The zero-order chi connectivity index (χ0) is 15.2. The summed E-state index contributed by atoms with van der Waals surface area (Å²) >= 11 is 0. The quantitative estimate of drug-likeness (QED) is 0.818. The minimum Gasteiger partial charge on any atom is -0.436 e. The smallest absolute Gasteiger partial charge is 0.256 e. The van der Waals surface area contributed by atoms with Crippen LogP contribution in [0.15, 0.2) is 30.5 Å². The first-order valence-corrected chi connectivity index (χ1v) is 6.90. The first kappa shape index (κ1) is 15.4. The molecule has 5 heteroatoms. The van der Waals surface area contributed by atoms with Crippen LogP contribution in [0.2, 0.25) is 0 Å². The van der Waals surface area contributed by atoms with E-state index in [9.17, 15) is 8.78 Å². The van der Waals surface area contributed by atoms with Gasteiger partial charge in [-0.2, -0.15) is 0 Å². The van der Waals surface area contributed by atoms with Crippen LogP contribution in [0.3, 0.4) is 0 Å². The first-order chi connectivity index (χ1) is 10.1. The van der Waals surface area contributed by atoms with Crippen LogP contribution in [0.5, 0.6) is 11.6 Å². The van der Waals surface area contributed by atoms with E-state index >= 15 is 0 Å². The summed E-state index contributed by atoms with van der Waals surface area (Å²) in [5.74, 6) is -0.832. The molecule has 2 rings (SSSR count). The Morgan fingerprint density at radius 2 is 2.05 bits per heavy atom. The predicted octanol–water partition coefficient (Wildman–Crippen LogP) is 3.96. The van der Waals surface area contributed by atoms with E-state index in [-0.39, 0.29) is 11.6 Å². The van der Waals surface area contributed by atoms with Gasteiger partial charge >= 0.3 is 0 Å². The zero-order valence-corrected chi connectivity index (χ0v) is 12.1. The number of hydrogen-bond acceptors (Lipinski definition) is 3. The van der Waals surface area contributed by atoms with Gasteiger partial charge in [0.2, 0.25) is 0 Å². The summed E-state index contributed by atoms with van der Waals surface area (Å²) < 4.78 is 32.9. The number of aromatic nitrogens is 1. The van der Waals surface area contributed by atoms with Crippen molar-refractivity contribution in [3.8, 4) is 11.6 Å². The molecule has 0 amide bonds. The van der Waals surface area contributed by atoms with Gasteiger partial charge in [0.25, 0.3) is 5.88 Å². The van der Waals surface area contributed by atoms with Crippen molar-refractivity contribution in [3.05, 3.63) is 53.2 Å². The van der Waals surface area contributed by atoms with Gasteiger partial charge in [-0.15, -0.1) is 0 Å². The number of aryl methyl sites for hydroxylation is 1. The van der Waals surface area contributed by atoms with Crippen molar-refractivity contribution in [1.29, 1.82) is 0 Å². The Balaban J connectivity index is 2.20. The highest BCUT2D eigenvalue weighted by molar-refractivity contribution is 5.36. The van der Waals surface area contributed by atoms with Crippen LogP contribution in [-0.4, -0.2) is 11.5 Å². The van der Waals surface area contributed by atoms with E-state index in [2.05, 4.69) is 10.3 Å². The van der Waals surface area contributed by atoms with Gasteiger partial charge in [-0.1, -0.05) is 13.0 Å².